The summed E-state index contributed by atoms with van der Waals surface area (Å²) in [6.45, 7) is 4.20. The molecule has 0 saturated heterocycles. The molecule has 0 aromatic carbocycles. The van der Waals surface area contributed by atoms with Crippen LogP contribution >= 0.6 is 7.26 Å². The van der Waals surface area contributed by atoms with Crippen LogP contribution in [0, 0.1) is 0 Å². The third-order valence-electron chi connectivity index (χ3n) is 3.42. The van der Waals surface area contributed by atoms with Crippen molar-refractivity contribution in [1.82, 2.24) is 0 Å². The van der Waals surface area contributed by atoms with Gasteiger partial charge in [-0.1, -0.05) is 5.57 Å². The number of allylic oxidation sites excluding steroid dienone is 2. The Morgan fingerprint density at radius 2 is 1.29 bits per heavy atom. The summed E-state index contributed by atoms with van der Waals surface area (Å²) >= 11 is 0. The maximum atomic E-state index is 5.78. The molecular weight excluding hydrogens is 283 g/mol. The summed E-state index contributed by atoms with van der Waals surface area (Å²) in [6.07, 6.45) is 8.17. The average Bonchev–Trinajstić information content (AvgIpc) is 3.24. The first-order valence-corrected chi connectivity index (χ1v) is 8.84. The SMILES string of the molecule is CC(C)=CC[P+](c1ccco1)(c1ccco1)c1ccco1. The van der Waals surface area contributed by atoms with Crippen molar-refractivity contribution >= 4 is 23.8 Å². The summed E-state index contributed by atoms with van der Waals surface area (Å²) in [4.78, 5) is 0. The van der Waals surface area contributed by atoms with Crippen molar-refractivity contribution < 1.29 is 13.3 Å². The molecule has 0 bridgehead atoms. The molecule has 108 valence electrons. The largest absolute Gasteiger partial charge is 0.434 e. The van der Waals surface area contributed by atoms with Gasteiger partial charge in [-0.15, -0.1) is 0 Å². The molecule has 3 nitrogen and oxygen atoms in total. The highest BCUT2D eigenvalue weighted by Crippen LogP contribution is 2.55. The molecule has 0 aliphatic carbocycles. The Bertz CT molecular complexity index is 603. The summed E-state index contributed by atoms with van der Waals surface area (Å²) in [6, 6.07) is 11.8. The molecule has 0 aliphatic heterocycles. The Hall–Kier alpha value is -1.99. The van der Waals surface area contributed by atoms with Gasteiger partial charge in [-0.05, 0) is 38.1 Å². The lowest BCUT2D eigenvalue weighted by molar-refractivity contribution is 0.581. The Morgan fingerprint density at radius 3 is 1.57 bits per heavy atom. The van der Waals surface area contributed by atoms with Crippen LogP contribution in [0.2, 0.25) is 0 Å². The maximum Gasteiger partial charge on any atom is 0.263 e. The van der Waals surface area contributed by atoms with Crippen molar-refractivity contribution in [3.05, 3.63) is 66.8 Å². The van der Waals surface area contributed by atoms with Crippen molar-refractivity contribution in [2.45, 2.75) is 13.8 Å². The monoisotopic (exact) mass is 301 g/mol. The summed E-state index contributed by atoms with van der Waals surface area (Å²) < 4.78 is 17.3. The standard InChI is InChI=1S/C17H18O3P/c1-14(2)9-13-21(15-6-3-10-18-15,16-7-4-11-19-16)17-8-5-12-20-17/h3-12H,13H2,1-2H3/q+1. The summed E-state index contributed by atoms with van der Waals surface area (Å²) in [7, 11) is -2.04. The minimum Gasteiger partial charge on any atom is -0.434 e. The second-order valence-electron chi connectivity index (χ2n) is 5.13. The molecule has 0 aliphatic rings. The van der Waals surface area contributed by atoms with Crippen molar-refractivity contribution in [3.63, 3.8) is 0 Å². The molecule has 0 radical (unpaired) electrons. The Morgan fingerprint density at radius 1 is 0.857 bits per heavy atom. The predicted molar refractivity (Wildman–Crippen MR) is 86.2 cm³/mol. The fourth-order valence-electron chi connectivity index (χ4n) is 2.38. The molecule has 0 atom stereocenters. The van der Waals surface area contributed by atoms with Crippen LogP contribution in [0.1, 0.15) is 13.8 Å². The van der Waals surface area contributed by atoms with Gasteiger partial charge in [-0.25, -0.2) is 0 Å². The average molecular weight is 301 g/mol. The minimum atomic E-state index is -2.04. The molecule has 4 heteroatoms. The lowest BCUT2D eigenvalue weighted by Crippen LogP contribution is -2.31. The zero-order chi connectivity index (χ0) is 14.7. The van der Waals surface area contributed by atoms with Gasteiger partial charge in [0, 0.05) is 18.2 Å². The topological polar surface area (TPSA) is 39.4 Å². The summed E-state index contributed by atoms with van der Waals surface area (Å²) in [5.41, 5.74) is 4.03. The predicted octanol–water partition coefficient (Wildman–Crippen LogP) is 3.73. The number of rotatable bonds is 5. The highest BCUT2D eigenvalue weighted by molar-refractivity contribution is 7.94. The zero-order valence-electron chi connectivity index (χ0n) is 12.2. The van der Waals surface area contributed by atoms with Crippen LogP contribution in [-0.4, -0.2) is 6.16 Å². The number of hydrogen-bond donors (Lipinski definition) is 0. The van der Waals surface area contributed by atoms with Gasteiger partial charge in [0.15, 0.2) is 0 Å². The zero-order valence-corrected chi connectivity index (χ0v) is 13.0. The smallest absolute Gasteiger partial charge is 0.263 e. The van der Waals surface area contributed by atoms with Gasteiger partial charge < -0.3 is 13.3 Å². The van der Waals surface area contributed by atoms with Gasteiger partial charge in [0.25, 0.3) is 16.5 Å². The van der Waals surface area contributed by atoms with Gasteiger partial charge in [-0.2, -0.15) is 0 Å². The van der Waals surface area contributed by atoms with E-state index in [9.17, 15) is 0 Å². The van der Waals surface area contributed by atoms with E-state index in [1.165, 1.54) is 5.57 Å². The van der Waals surface area contributed by atoms with Gasteiger partial charge in [0.2, 0.25) is 7.26 Å². The van der Waals surface area contributed by atoms with E-state index in [0.29, 0.717) is 0 Å². The van der Waals surface area contributed by atoms with Crippen molar-refractivity contribution in [2.75, 3.05) is 6.16 Å². The van der Waals surface area contributed by atoms with E-state index >= 15 is 0 Å². The molecule has 3 rings (SSSR count). The highest BCUT2D eigenvalue weighted by Gasteiger charge is 2.53. The van der Waals surface area contributed by atoms with E-state index in [1.807, 2.05) is 36.4 Å². The molecule has 0 N–H and O–H groups in total. The van der Waals surface area contributed by atoms with E-state index in [4.69, 9.17) is 13.3 Å². The van der Waals surface area contributed by atoms with Crippen LogP contribution in [0.15, 0.2) is 80.1 Å². The lowest BCUT2D eigenvalue weighted by atomic mass is 10.3. The molecule has 0 spiro atoms. The summed E-state index contributed by atoms with van der Waals surface area (Å²) in [5, 5.41) is 0. The molecule has 21 heavy (non-hydrogen) atoms. The number of hydrogen-bond acceptors (Lipinski definition) is 3. The molecule has 0 fully saturated rings. The van der Waals surface area contributed by atoms with Gasteiger partial charge >= 0.3 is 0 Å². The van der Waals surface area contributed by atoms with Crippen molar-refractivity contribution in [1.29, 1.82) is 0 Å². The molecule has 0 unspecified atom stereocenters. The van der Waals surface area contributed by atoms with Gasteiger partial charge in [0.05, 0.1) is 18.8 Å². The van der Waals surface area contributed by atoms with E-state index in [2.05, 4.69) is 19.9 Å². The first-order chi connectivity index (χ1) is 10.2. The van der Waals surface area contributed by atoms with E-state index in [1.54, 1.807) is 18.8 Å². The highest BCUT2D eigenvalue weighted by atomic mass is 31.2. The first-order valence-electron chi connectivity index (χ1n) is 6.87. The Labute approximate surface area is 124 Å². The molecule has 3 aromatic rings. The Kier molecular flexibility index (Phi) is 3.85. The normalized spacial score (nSPS) is 11.5. The second kappa shape index (κ2) is 5.79. The first kappa shape index (κ1) is 14.0. The fourth-order valence-corrected chi connectivity index (χ4v) is 5.95. The summed E-state index contributed by atoms with van der Waals surface area (Å²) in [5.74, 6) is 0. The molecular formula is C17H18O3P+. The molecule has 0 saturated carbocycles. The van der Waals surface area contributed by atoms with Gasteiger partial charge in [0.1, 0.15) is 6.16 Å². The van der Waals surface area contributed by atoms with Crippen LogP contribution in [0.4, 0.5) is 0 Å². The van der Waals surface area contributed by atoms with Crippen LogP contribution < -0.4 is 16.5 Å². The number of furan rings is 3. The molecule has 3 aromatic heterocycles. The fraction of sp³-hybridized carbons (Fsp3) is 0.176. The lowest BCUT2D eigenvalue weighted by Gasteiger charge is -2.17. The van der Waals surface area contributed by atoms with Gasteiger partial charge in [-0.3, -0.25) is 0 Å². The van der Waals surface area contributed by atoms with Crippen LogP contribution in [0.25, 0.3) is 0 Å². The van der Waals surface area contributed by atoms with Crippen molar-refractivity contribution in [2.24, 2.45) is 0 Å². The third-order valence-corrected chi connectivity index (χ3v) is 7.17. The maximum absolute atomic E-state index is 5.78. The Balaban J connectivity index is 2.23. The van der Waals surface area contributed by atoms with E-state index in [-0.39, 0.29) is 0 Å². The van der Waals surface area contributed by atoms with Crippen LogP contribution in [0.5, 0.6) is 0 Å². The quantitative estimate of drug-likeness (QED) is 0.532. The van der Waals surface area contributed by atoms with Crippen LogP contribution in [0.3, 0.4) is 0 Å². The van der Waals surface area contributed by atoms with E-state index in [0.717, 1.165) is 22.7 Å². The third kappa shape index (κ3) is 2.50. The molecule has 0 amide bonds. The minimum absolute atomic E-state index is 0.823. The van der Waals surface area contributed by atoms with E-state index < -0.39 is 7.26 Å². The molecule has 3 heterocycles. The van der Waals surface area contributed by atoms with Crippen LogP contribution in [-0.2, 0) is 0 Å². The van der Waals surface area contributed by atoms with Crippen molar-refractivity contribution in [3.8, 4) is 0 Å². The second-order valence-corrected chi connectivity index (χ2v) is 8.43.